The first-order valence-electron chi connectivity index (χ1n) is 10.7. The van der Waals surface area contributed by atoms with Crippen molar-refractivity contribution in [1.82, 2.24) is 15.0 Å². The first kappa shape index (κ1) is 22.8. The van der Waals surface area contributed by atoms with Crippen molar-refractivity contribution < 1.29 is 18.7 Å². The summed E-state index contributed by atoms with van der Waals surface area (Å²) in [6.07, 6.45) is 4.37. The Hall–Kier alpha value is -3.40. The van der Waals surface area contributed by atoms with Gasteiger partial charge in [-0.25, -0.2) is 19.3 Å². The van der Waals surface area contributed by atoms with E-state index in [2.05, 4.69) is 20.3 Å². The number of nitrogens with one attached hydrogen (secondary N) is 1. The number of amides is 1. The maximum atomic E-state index is 13.8. The van der Waals surface area contributed by atoms with Gasteiger partial charge in [0.25, 0.3) is 5.91 Å². The first-order valence-corrected chi connectivity index (χ1v) is 11.6. The Kier molecular flexibility index (Phi) is 6.93. The Bertz CT molecular complexity index is 1140. The van der Waals surface area contributed by atoms with Crippen molar-refractivity contribution >= 4 is 34.2 Å². The largest absolute Gasteiger partial charge is 0.466 e. The summed E-state index contributed by atoms with van der Waals surface area (Å²) in [5, 5.41) is 4.86. The smallest absolute Gasteiger partial charge is 0.309 e. The Morgan fingerprint density at radius 1 is 1.24 bits per heavy atom. The maximum Gasteiger partial charge on any atom is 0.309 e. The van der Waals surface area contributed by atoms with Gasteiger partial charge in [-0.15, -0.1) is 11.3 Å². The van der Waals surface area contributed by atoms with Crippen LogP contribution < -0.4 is 10.2 Å². The van der Waals surface area contributed by atoms with Crippen molar-refractivity contribution in [1.29, 1.82) is 0 Å². The molecule has 1 aromatic carbocycles. The van der Waals surface area contributed by atoms with Crippen molar-refractivity contribution in [3.63, 3.8) is 0 Å². The molecular weight excluding hydrogens is 445 g/mol. The maximum absolute atomic E-state index is 13.8. The van der Waals surface area contributed by atoms with Gasteiger partial charge in [0.15, 0.2) is 5.13 Å². The highest BCUT2D eigenvalue weighted by molar-refractivity contribution is 7.14. The molecule has 0 aliphatic carbocycles. The Morgan fingerprint density at radius 2 is 2.03 bits per heavy atom. The highest BCUT2D eigenvalue weighted by Crippen LogP contribution is 2.27. The number of thiazole rings is 1. The van der Waals surface area contributed by atoms with Crippen LogP contribution in [0.15, 0.2) is 36.0 Å². The minimum absolute atomic E-state index is 0.0844. The fourth-order valence-corrected chi connectivity index (χ4v) is 4.30. The number of aryl methyl sites for hydroxylation is 1. The van der Waals surface area contributed by atoms with Crippen molar-refractivity contribution in [3.8, 4) is 11.3 Å². The number of ether oxygens (including phenoxy) is 1. The molecule has 8 nitrogen and oxygen atoms in total. The average molecular weight is 470 g/mol. The van der Waals surface area contributed by atoms with E-state index in [1.165, 1.54) is 23.6 Å². The van der Waals surface area contributed by atoms with Crippen LogP contribution in [-0.2, 0) is 9.53 Å². The third-order valence-corrected chi connectivity index (χ3v) is 6.26. The number of benzene rings is 1. The van der Waals surface area contributed by atoms with E-state index in [0.717, 1.165) is 0 Å². The number of hydrogen-bond donors (Lipinski definition) is 1. The number of piperidine rings is 1. The molecule has 0 bridgehead atoms. The van der Waals surface area contributed by atoms with Crippen molar-refractivity contribution in [2.75, 3.05) is 29.9 Å². The van der Waals surface area contributed by atoms with E-state index in [-0.39, 0.29) is 23.4 Å². The summed E-state index contributed by atoms with van der Waals surface area (Å²) in [6, 6.07) is 4.91. The number of rotatable bonds is 6. The zero-order valence-corrected chi connectivity index (χ0v) is 19.2. The second kappa shape index (κ2) is 10.0. The molecule has 4 rings (SSSR count). The number of carbonyl (C=O) groups excluding carboxylic acids is 2. The molecule has 2 aromatic heterocycles. The van der Waals surface area contributed by atoms with Gasteiger partial charge in [0.2, 0.25) is 0 Å². The number of esters is 1. The number of hydrogen-bond acceptors (Lipinski definition) is 8. The molecule has 0 unspecified atom stereocenters. The summed E-state index contributed by atoms with van der Waals surface area (Å²) in [5.74, 6) is -0.295. The molecular formula is C23H24FN5O3S. The fourth-order valence-electron chi connectivity index (χ4n) is 3.58. The number of nitrogens with zero attached hydrogens (tertiary/aromatic N) is 4. The second-order valence-corrected chi connectivity index (χ2v) is 8.59. The predicted molar refractivity (Wildman–Crippen MR) is 124 cm³/mol. The number of anilines is 2. The van der Waals surface area contributed by atoms with E-state index in [0.29, 0.717) is 60.3 Å². The lowest BCUT2D eigenvalue weighted by molar-refractivity contribution is -0.148. The topological polar surface area (TPSA) is 97.3 Å². The minimum atomic E-state index is -0.425. The lowest BCUT2D eigenvalue weighted by Crippen LogP contribution is -2.37. The van der Waals surface area contributed by atoms with Gasteiger partial charge < -0.3 is 9.64 Å². The molecule has 10 heteroatoms. The molecule has 3 heterocycles. The second-order valence-electron chi connectivity index (χ2n) is 7.73. The van der Waals surface area contributed by atoms with E-state index in [9.17, 15) is 14.0 Å². The van der Waals surface area contributed by atoms with Crippen LogP contribution in [-0.4, -0.2) is 46.5 Å². The van der Waals surface area contributed by atoms with Gasteiger partial charge >= 0.3 is 5.97 Å². The molecule has 1 N–H and O–H groups in total. The molecule has 0 spiro atoms. The number of carbonyl (C=O) groups is 2. The zero-order chi connectivity index (χ0) is 23.4. The predicted octanol–water partition coefficient (Wildman–Crippen LogP) is 4.08. The summed E-state index contributed by atoms with van der Waals surface area (Å²) in [4.78, 5) is 39.5. The van der Waals surface area contributed by atoms with Crippen molar-refractivity contribution in [3.05, 3.63) is 53.0 Å². The van der Waals surface area contributed by atoms with Crippen LogP contribution in [0.2, 0.25) is 0 Å². The summed E-state index contributed by atoms with van der Waals surface area (Å²) in [7, 11) is 0. The Labute approximate surface area is 194 Å². The van der Waals surface area contributed by atoms with E-state index in [1.54, 1.807) is 37.6 Å². The van der Waals surface area contributed by atoms with Crippen molar-refractivity contribution in [2.24, 2.45) is 5.92 Å². The van der Waals surface area contributed by atoms with E-state index < -0.39 is 5.91 Å². The molecule has 3 aromatic rings. The normalized spacial score (nSPS) is 14.2. The fraction of sp³-hybridized carbons (Fsp3) is 0.348. The van der Waals surface area contributed by atoms with Gasteiger partial charge in [-0.2, -0.15) is 0 Å². The lowest BCUT2D eigenvalue weighted by atomic mass is 9.97. The van der Waals surface area contributed by atoms with E-state index in [1.807, 2.05) is 4.90 Å². The van der Waals surface area contributed by atoms with Crippen molar-refractivity contribution in [2.45, 2.75) is 26.7 Å². The molecule has 1 aliphatic rings. The van der Waals surface area contributed by atoms with Crippen LogP contribution in [0.4, 0.5) is 15.3 Å². The van der Waals surface area contributed by atoms with Crippen LogP contribution in [0, 0.1) is 18.7 Å². The van der Waals surface area contributed by atoms with Crippen LogP contribution >= 0.6 is 11.3 Å². The SMILES string of the molecule is CCOC(=O)C1CCN(c2cnc(C(=O)Nc3nc(-c4ccc(C)c(F)c4)cs3)cn2)CC1. The molecule has 0 atom stereocenters. The summed E-state index contributed by atoms with van der Waals surface area (Å²) < 4.78 is 18.9. The quantitative estimate of drug-likeness (QED) is 0.543. The Morgan fingerprint density at radius 3 is 2.70 bits per heavy atom. The number of aromatic nitrogens is 3. The van der Waals surface area contributed by atoms with Crippen LogP contribution in [0.1, 0.15) is 35.8 Å². The highest BCUT2D eigenvalue weighted by atomic mass is 32.1. The standard InChI is InChI=1S/C23H24FN5O3S/c1-3-32-22(31)15-6-8-29(9-7-15)20-12-25-18(11-26-20)21(30)28-23-27-19(13-33-23)16-5-4-14(2)17(24)10-16/h4-5,10-13,15H,3,6-9H2,1-2H3,(H,27,28,30). The van der Waals surface area contributed by atoms with E-state index in [4.69, 9.17) is 4.74 Å². The van der Waals surface area contributed by atoms with Crippen LogP contribution in [0.5, 0.6) is 0 Å². The molecule has 1 saturated heterocycles. The monoisotopic (exact) mass is 469 g/mol. The van der Waals surface area contributed by atoms with Gasteiger partial charge in [-0.05, 0) is 38.3 Å². The molecule has 1 aliphatic heterocycles. The first-order chi connectivity index (χ1) is 15.9. The molecule has 33 heavy (non-hydrogen) atoms. The lowest BCUT2D eigenvalue weighted by Gasteiger charge is -2.31. The highest BCUT2D eigenvalue weighted by Gasteiger charge is 2.26. The van der Waals surface area contributed by atoms with Crippen LogP contribution in [0.3, 0.4) is 0 Å². The summed E-state index contributed by atoms with van der Waals surface area (Å²) >= 11 is 1.25. The van der Waals surface area contributed by atoms with Gasteiger partial charge in [0.1, 0.15) is 17.3 Å². The average Bonchev–Trinajstić information content (AvgIpc) is 3.29. The molecule has 172 valence electrons. The van der Waals surface area contributed by atoms with Gasteiger partial charge in [-0.3, -0.25) is 14.9 Å². The molecule has 0 saturated carbocycles. The molecule has 0 radical (unpaired) electrons. The van der Waals surface area contributed by atoms with Gasteiger partial charge in [0, 0.05) is 24.0 Å². The summed E-state index contributed by atoms with van der Waals surface area (Å²) in [6.45, 7) is 5.24. The number of halogens is 1. The van der Waals surface area contributed by atoms with Gasteiger partial charge in [0.05, 0.1) is 30.6 Å². The minimum Gasteiger partial charge on any atom is -0.466 e. The van der Waals surface area contributed by atoms with Crippen LogP contribution in [0.25, 0.3) is 11.3 Å². The zero-order valence-electron chi connectivity index (χ0n) is 18.4. The summed E-state index contributed by atoms with van der Waals surface area (Å²) in [5.41, 5.74) is 1.96. The molecule has 1 fully saturated rings. The Balaban J connectivity index is 1.35. The van der Waals surface area contributed by atoms with E-state index >= 15 is 0 Å². The third-order valence-electron chi connectivity index (χ3n) is 5.50. The third kappa shape index (κ3) is 5.33. The van der Waals surface area contributed by atoms with Gasteiger partial charge in [-0.1, -0.05) is 12.1 Å². The molecule has 1 amide bonds.